The number of nitrogens with zero attached hydrogens (tertiary/aromatic N) is 2. The van der Waals surface area contributed by atoms with Crippen LogP contribution in [0.2, 0.25) is 0 Å². The van der Waals surface area contributed by atoms with E-state index >= 15 is 0 Å². The third-order valence-electron chi connectivity index (χ3n) is 2.52. The fraction of sp³-hybridized carbons (Fsp3) is 0.583. The van der Waals surface area contributed by atoms with Gasteiger partial charge in [-0.2, -0.15) is 0 Å². The molecule has 0 amide bonds. The number of anilines is 1. The quantitative estimate of drug-likeness (QED) is 0.768. The molecule has 1 aromatic heterocycles. The zero-order valence-corrected chi connectivity index (χ0v) is 10.9. The van der Waals surface area contributed by atoms with Gasteiger partial charge in [-0.3, -0.25) is 0 Å². The number of carboxylic acid groups (broad SMARTS) is 1. The molecule has 0 saturated heterocycles. The molecule has 0 aliphatic carbocycles. The lowest BCUT2D eigenvalue weighted by atomic mass is 10.1. The Morgan fingerprint density at radius 2 is 2.17 bits per heavy atom. The Morgan fingerprint density at radius 3 is 2.61 bits per heavy atom. The van der Waals surface area contributed by atoms with Crippen molar-refractivity contribution >= 4 is 11.8 Å². The third kappa shape index (κ3) is 4.29. The maximum Gasteiger partial charge on any atom is 0.356 e. The van der Waals surface area contributed by atoms with E-state index in [9.17, 15) is 4.79 Å². The molecule has 0 saturated carbocycles. The minimum absolute atomic E-state index is 0.0635. The van der Waals surface area contributed by atoms with Crippen LogP contribution in [-0.2, 0) is 4.74 Å². The molecule has 0 fully saturated rings. The van der Waals surface area contributed by atoms with Crippen LogP contribution in [0, 0.1) is 5.92 Å². The zero-order valence-electron chi connectivity index (χ0n) is 10.9. The van der Waals surface area contributed by atoms with Crippen molar-refractivity contribution in [2.24, 2.45) is 5.92 Å². The predicted octanol–water partition coefficient (Wildman–Crippen LogP) is 1.65. The first kappa shape index (κ1) is 14.4. The topological polar surface area (TPSA) is 84.3 Å². The monoisotopic (exact) mass is 253 g/mol. The fourth-order valence-electron chi connectivity index (χ4n) is 1.36. The van der Waals surface area contributed by atoms with Crippen LogP contribution < -0.4 is 5.32 Å². The van der Waals surface area contributed by atoms with Gasteiger partial charge < -0.3 is 15.2 Å². The molecule has 1 atom stereocenters. The van der Waals surface area contributed by atoms with E-state index in [4.69, 9.17) is 9.84 Å². The van der Waals surface area contributed by atoms with Crippen LogP contribution in [0.15, 0.2) is 12.1 Å². The molecule has 1 aromatic rings. The minimum atomic E-state index is -1.08. The summed E-state index contributed by atoms with van der Waals surface area (Å²) in [6.07, 6.45) is 0. The molecule has 6 nitrogen and oxygen atoms in total. The van der Waals surface area contributed by atoms with Gasteiger partial charge in [0.15, 0.2) is 5.69 Å². The summed E-state index contributed by atoms with van der Waals surface area (Å²) in [5, 5.41) is 19.4. The summed E-state index contributed by atoms with van der Waals surface area (Å²) in [7, 11) is 0. The Morgan fingerprint density at radius 1 is 1.44 bits per heavy atom. The molecule has 2 N–H and O–H groups in total. The smallest absolute Gasteiger partial charge is 0.356 e. The Hall–Kier alpha value is -1.69. The van der Waals surface area contributed by atoms with Crippen molar-refractivity contribution in [1.29, 1.82) is 0 Å². The normalized spacial score (nSPS) is 12.4. The summed E-state index contributed by atoms with van der Waals surface area (Å²) in [6, 6.07) is 3.16. The molecule has 0 radical (unpaired) electrons. The largest absolute Gasteiger partial charge is 0.476 e. The average molecular weight is 253 g/mol. The molecule has 0 aromatic carbocycles. The van der Waals surface area contributed by atoms with Gasteiger partial charge in [0.2, 0.25) is 0 Å². The maximum atomic E-state index is 10.6. The van der Waals surface area contributed by atoms with Crippen LogP contribution in [0.25, 0.3) is 0 Å². The van der Waals surface area contributed by atoms with Gasteiger partial charge in [-0.25, -0.2) is 4.79 Å². The van der Waals surface area contributed by atoms with E-state index < -0.39 is 5.97 Å². The molecular weight excluding hydrogens is 234 g/mol. The fourth-order valence-corrected chi connectivity index (χ4v) is 1.36. The minimum Gasteiger partial charge on any atom is -0.476 e. The van der Waals surface area contributed by atoms with Gasteiger partial charge in [0.1, 0.15) is 5.82 Å². The second kappa shape index (κ2) is 6.90. The Labute approximate surface area is 106 Å². The second-order valence-corrected chi connectivity index (χ2v) is 4.26. The van der Waals surface area contributed by atoms with Crippen LogP contribution in [0.1, 0.15) is 31.3 Å². The molecule has 1 heterocycles. The summed E-state index contributed by atoms with van der Waals surface area (Å²) < 4.78 is 5.39. The van der Waals surface area contributed by atoms with Gasteiger partial charge in [0, 0.05) is 6.61 Å². The highest BCUT2D eigenvalue weighted by atomic mass is 16.5. The van der Waals surface area contributed by atoms with Gasteiger partial charge in [0.25, 0.3) is 0 Å². The van der Waals surface area contributed by atoms with Crippen molar-refractivity contribution < 1.29 is 14.6 Å². The lowest BCUT2D eigenvalue weighted by molar-refractivity contribution is 0.0689. The molecule has 1 rings (SSSR count). The van der Waals surface area contributed by atoms with Crippen LogP contribution in [0.4, 0.5) is 5.82 Å². The number of hydrogen-bond donors (Lipinski definition) is 2. The van der Waals surface area contributed by atoms with Crippen molar-refractivity contribution in [3.63, 3.8) is 0 Å². The van der Waals surface area contributed by atoms with Gasteiger partial charge in [-0.15, -0.1) is 10.2 Å². The van der Waals surface area contributed by atoms with Gasteiger partial charge in [-0.1, -0.05) is 13.8 Å². The standard InChI is InChI=1S/C12H19N3O3/c1-4-18-7-10(8(2)3)13-11-6-5-9(12(16)17)14-15-11/h5-6,8,10H,4,7H2,1-3H3,(H,13,15)(H,16,17). The zero-order chi connectivity index (χ0) is 13.5. The molecule has 0 aliphatic rings. The number of aromatic nitrogens is 2. The Kier molecular flexibility index (Phi) is 5.51. The maximum absolute atomic E-state index is 10.6. The highest BCUT2D eigenvalue weighted by Crippen LogP contribution is 2.10. The van der Waals surface area contributed by atoms with E-state index in [1.807, 2.05) is 6.92 Å². The number of aromatic carboxylic acids is 1. The van der Waals surface area contributed by atoms with Crippen molar-refractivity contribution in [2.75, 3.05) is 18.5 Å². The number of ether oxygens (including phenoxy) is 1. The van der Waals surface area contributed by atoms with Gasteiger partial charge >= 0.3 is 5.97 Å². The highest BCUT2D eigenvalue weighted by molar-refractivity contribution is 5.85. The molecule has 6 heteroatoms. The molecule has 0 bridgehead atoms. The lowest BCUT2D eigenvalue weighted by Gasteiger charge is -2.22. The average Bonchev–Trinajstić information content (AvgIpc) is 2.34. The summed E-state index contributed by atoms with van der Waals surface area (Å²) in [6.45, 7) is 7.34. The number of nitrogens with one attached hydrogen (secondary N) is 1. The number of carboxylic acids is 1. The highest BCUT2D eigenvalue weighted by Gasteiger charge is 2.14. The van der Waals surface area contributed by atoms with Gasteiger partial charge in [0.05, 0.1) is 12.6 Å². The molecule has 100 valence electrons. The van der Waals surface area contributed by atoms with Gasteiger partial charge in [-0.05, 0) is 25.0 Å². The van der Waals surface area contributed by atoms with E-state index in [-0.39, 0.29) is 11.7 Å². The summed E-state index contributed by atoms with van der Waals surface area (Å²) in [5.41, 5.74) is -0.0635. The van der Waals surface area contributed by atoms with E-state index in [1.54, 1.807) is 6.07 Å². The Balaban J connectivity index is 2.65. The van der Waals surface area contributed by atoms with E-state index in [0.29, 0.717) is 24.9 Å². The SMILES string of the molecule is CCOCC(Nc1ccc(C(=O)O)nn1)C(C)C. The number of rotatable bonds is 7. The first-order valence-electron chi connectivity index (χ1n) is 5.96. The Bertz CT molecular complexity index is 379. The van der Waals surface area contributed by atoms with Crippen molar-refractivity contribution in [3.8, 4) is 0 Å². The predicted molar refractivity (Wildman–Crippen MR) is 67.7 cm³/mol. The summed E-state index contributed by atoms with van der Waals surface area (Å²) >= 11 is 0. The first-order chi connectivity index (χ1) is 8.54. The van der Waals surface area contributed by atoms with Crippen LogP contribution >= 0.6 is 0 Å². The first-order valence-corrected chi connectivity index (χ1v) is 5.96. The second-order valence-electron chi connectivity index (χ2n) is 4.26. The molecule has 0 aliphatic heterocycles. The number of hydrogen-bond acceptors (Lipinski definition) is 5. The molecule has 18 heavy (non-hydrogen) atoms. The van der Waals surface area contributed by atoms with Crippen LogP contribution in [-0.4, -0.2) is 40.5 Å². The van der Waals surface area contributed by atoms with Crippen molar-refractivity contribution in [1.82, 2.24) is 10.2 Å². The van der Waals surface area contributed by atoms with Crippen LogP contribution in [0.5, 0.6) is 0 Å². The molecular formula is C12H19N3O3. The number of carbonyl (C=O) groups is 1. The molecule has 0 spiro atoms. The summed E-state index contributed by atoms with van der Waals surface area (Å²) in [5.74, 6) is -0.153. The van der Waals surface area contributed by atoms with Crippen molar-refractivity contribution in [2.45, 2.75) is 26.8 Å². The van der Waals surface area contributed by atoms with E-state index in [1.165, 1.54) is 6.07 Å². The van der Waals surface area contributed by atoms with E-state index in [0.717, 1.165) is 0 Å². The van der Waals surface area contributed by atoms with E-state index in [2.05, 4.69) is 29.4 Å². The summed E-state index contributed by atoms with van der Waals surface area (Å²) in [4.78, 5) is 10.6. The third-order valence-corrected chi connectivity index (χ3v) is 2.52. The lowest BCUT2D eigenvalue weighted by Crippen LogP contribution is -2.31. The van der Waals surface area contributed by atoms with Crippen molar-refractivity contribution in [3.05, 3.63) is 17.8 Å². The molecule has 1 unspecified atom stereocenters. The van der Waals surface area contributed by atoms with Crippen LogP contribution in [0.3, 0.4) is 0 Å².